The molecule has 3 N–H and O–H groups in total. The van der Waals surface area contributed by atoms with Crippen molar-refractivity contribution >= 4 is 5.91 Å². The molecule has 76 valence electrons. The lowest BCUT2D eigenvalue weighted by Gasteiger charge is -2.13. The molecule has 0 spiro atoms. The third kappa shape index (κ3) is 4.27. The van der Waals surface area contributed by atoms with E-state index in [1.54, 1.807) is 0 Å². The molecule has 1 rings (SSSR count). The summed E-state index contributed by atoms with van der Waals surface area (Å²) >= 11 is 0. The quantitative estimate of drug-likeness (QED) is 0.670. The van der Waals surface area contributed by atoms with Gasteiger partial charge in [0.25, 0.3) is 0 Å². The Morgan fingerprint density at radius 3 is 2.62 bits per heavy atom. The van der Waals surface area contributed by atoms with Crippen LogP contribution in [0, 0.1) is 5.92 Å². The second kappa shape index (κ2) is 4.61. The number of carbonyl (C=O) groups is 1. The Morgan fingerprint density at radius 2 is 2.15 bits per heavy atom. The van der Waals surface area contributed by atoms with Crippen LogP contribution in [0.25, 0.3) is 0 Å². The van der Waals surface area contributed by atoms with Gasteiger partial charge in [0, 0.05) is 18.5 Å². The highest BCUT2D eigenvalue weighted by Gasteiger charge is 2.28. The fourth-order valence-electron chi connectivity index (χ4n) is 1.40. The van der Waals surface area contributed by atoms with E-state index < -0.39 is 0 Å². The molecule has 1 saturated carbocycles. The predicted octanol–water partition coefficient (Wildman–Crippen LogP) is 1.03. The minimum absolute atomic E-state index is 0.127. The lowest BCUT2D eigenvalue weighted by molar-refractivity contribution is -0.122. The molecule has 0 bridgehead atoms. The van der Waals surface area contributed by atoms with E-state index in [0.717, 1.165) is 12.3 Å². The van der Waals surface area contributed by atoms with Crippen molar-refractivity contribution in [1.82, 2.24) is 5.32 Å². The highest BCUT2D eigenvalue weighted by molar-refractivity contribution is 5.76. The van der Waals surface area contributed by atoms with Crippen LogP contribution in [-0.2, 0) is 4.79 Å². The number of carbonyl (C=O) groups excluding carboxylic acids is 1. The third-order valence-electron chi connectivity index (χ3n) is 2.54. The van der Waals surface area contributed by atoms with Gasteiger partial charge >= 0.3 is 0 Å². The number of hydrogen-bond donors (Lipinski definition) is 2. The Balaban J connectivity index is 2.09. The average Bonchev–Trinajstić information content (AvgIpc) is 2.82. The SMILES string of the molecule is CC(N)CCC(=O)NC(C)C1CC1. The van der Waals surface area contributed by atoms with Crippen molar-refractivity contribution in [2.24, 2.45) is 11.7 Å². The molecule has 3 heteroatoms. The molecule has 0 aromatic rings. The molecule has 1 aliphatic rings. The van der Waals surface area contributed by atoms with Gasteiger partial charge in [0.05, 0.1) is 0 Å². The molecule has 2 unspecified atom stereocenters. The highest BCUT2D eigenvalue weighted by Crippen LogP contribution is 2.32. The van der Waals surface area contributed by atoms with E-state index in [0.29, 0.717) is 12.5 Å². The van der Waals surface area contributed by atoms with Crippen LogP contribution in [0.5, 0.6) is 0 Å². The normalized spacial score (nSPS) is 20.8. The van der Waals surface area contributed by atoms with Gasteiger partial charge in [-0.1, -0.05) is 0 Å². The molecule has 0 radical (unpaired) electrons. The number of nitrogens with one attached hydrogen (secondary N) is 1. The summed E-state index contributed by atoms with van der Waals surface area (Å²) < 4.78 is 0. The minimum Gasteiger partial charge on any atom is -0.353 e. The molecule has 0 aliphatic heterocycles. The van der Waals surface area contributed by atoms with Gasteiger partial charge in [-0.3, -0.25) is 4.79 Å². The maximum atomic E-state index is 11.3. The summed E-state index contributed by atoms with van der Waals surface area (Å²) in [5, 5.41) is 3.00. The van der Waals surface area contributed by atoms with E-state index in [1.807, 2.05) is 6.92 Å². The topological polar surface area (TPSA) is 55.1 Å². The van der Waals surface area contributed by atoms with Gasteiger partial charge < -0.3 is 11.1 Å². The van der Waals surface area contributed by atoms with Gasteiger partial charge in [0.15, 0.2) is 0 Å². The first-order valence-electron chi connectivity index (χ1n) is 5.14. The van der Waals surface area contributed by atoms with E-state index in [-0.39, 0.29) is 11.9 Å². The van der Waals surface area contributed by atoms with Gasteiger partial charge in [-0.15, -0.1) is 0 Å². The summed E-state index contributed by atoms with van der Waals surface area (Å²) in [6, 6.07) is 0.488. The van der Waals surface area contributed by atoms with Gasteiger partial charge in [0.2, 0.25) is 5.91 Å². The predicted molar refractivity (Wildman–Crippen MR) is 53.2 cm³/mol. The van der Waals surface area contributed by atoms with Crippen molar-refractivity contribution in [3.8, 4) is 0 Å². The molecule has 1 amide bonds. The zero-order valence-corrected chi connectivity index (χ0v) is 8.55. The van der Waals surface area contributed by atoms with Crippen LogP contribution in [0.3, 0.4) is 0 Å². The Bertz CT molecular complexity index is 176. The first-order chi connectivity index (χ1) is 6.09. The number of hydrogen-bond acceptors (Lipinski definition) is 2. The van der Waals surface area contributed by atoms with Crippen molar-refractivity contribution in [2.75, 3.05) is 0 Å². The highest BCUT2D eigenvalue weighted by atomic mass is 16.1. The van der Waals surface area contributed by atoms with Gasteiger partial charge in [-0.2, -0.15) is 0 Å². The lowest BCUT2D eigenvalue weighted by atomic mass is 10.1. The minimum atomic E-state index is 0.127. The van der Waals surface area contributed by atoms with Crippen LogP contribution in [0.4, 0.5) is 0 Å². The van der Waals surface area contributed by atoms with E-state index in [9.17, 15) is 4.79 Å². The molecule has 0 aromatic heterocycles. The summed E-state index contributed by atoms with van der Waals surface area (Å²) in [5.41, 5.74) is 5.56. The molecule has 1 aliphatic carbocycles. The largest absolute Gasteiger partial charge is 0.353 e. The van der Waals surface area contributed by atoms with Crippen LogP contribution >= 0.6 is 0 Å². The van der Waals surface area contributed by atoms with Crippen molar-refractivity contribution in [2.45, 2.75) is 51.6 Å². The first kappa shape index (κ1) is 10.5. The summed E-state index contributed by atoms with van der Waals surface area (Å²) in [5.74, 6) is 0.885. The van der Waals surface area contributed by atoms with E-state index in [4.69, 9.17) is 5.73 Å². The van der Waals surface area contributed by atoms with Crippen LogP contribution in [0.1, 0.15) is 39.5 Å². The number of amides is 1. The zero-order chi connectivity index (χ0) is 9.84. The summed E-state index contributed by atoms with van der Waals surface area (Å²) in [4.78, 5) is 11.3. The maximum Gasteiger partial charge on any atom is 0.220 e. The standard InChI is InChI=1S/C10H20N2O/c1-7(11)3-6-10(13)12-8(2)9-4-5-9/h7-9H,3-6,11H2,1-2H3,(H,12,13). The molecule has 0 aromatic carbocycles. The Kier molecular flexibility index (Phi) is 3.72. The molecule has 0 heterocycles. The van der Waals surface area contributed by atoms with E-state index in [1.165, 1.54) is 12.8 Å². The molecular weight excluding hydrogens is 164 g/mol. The van der Waals surface area contributed by atoms with Crippen LogP contribution < -0.4 is 11.1 Å². The van der Waals surface area contributed by atoms with Crippen molar-refractivity contribution < 1.29 is 4.79 Å². The summed E-state index contributed by atoms with van der Waals surface area (Å²) in [7, 11) is 0. The Hall–Kier alpha value is -0.570. The fraction of sp³-hybridized carbons (Fsp3) is 0.900. The zero-order valence-electron chi connectivity index (χ0n) is 8.55. The molecule has 3 nitrogen and oxygen atoms in total. The van der Waals surface area contributed by atoms with Crippen LogP contribution in [0.2, 0.25) is 0 Å². The maximum absolute atomic E-state index is 11.3. The first-order valence-corrected chi connectivity index (χ1v) is 5.14. The molecule has 0 saturated heterocycles. The van der Waals surface area contributed by atoms with Crippen molar-refractivity contribution in [1.29, 1.82) is 0 Å². The van der Waals surface area contributed by atoms with Crippen molar-refractivity contribution in [3.63, 3.8) is 0 Å². The summed E-state index contributed by atoms with van der Waals surface area (Å²) in [6.07, 6.45) is 3.89. The fourth-order valence-corrected chi connectivity index (χ4v) is 1.40. The van der Waals surface area contributed by atoms with E-state index in [2.05, 4.69) is 12.2 Å². The molecule has 1 fully saturated rings. The second-order valence-corrected chi connectivity index (χ2v) is 4.21. The molecular formula is C10H20N2O. The number of nitrogens with two attached hydrogens (primary N) is 1. The third-order valence-corrected chi connectivity index (χ3v) is 2.54. The molecule has 2 atom stereocenters. The summed E-state index contributed by atoms with van der Waals surface area (Å²) in [6.45, 7) is 4.01. The van der Waals surface area contributed by atoms with Gasteiger partial charge in [0.1, 0.15) is 0 Å². The van der Waals surface area contributed by atoms with Crippen LogP contribution in [0.15, 0.2) is 0 Å². The Morgan fingerprint density at radius 1 is 1.54 bits per heavy atom. The lowest BCUT2D eigenvalue weighted by Crippen LogP contribution is -2.34. The Labute approximate surface area is 80.1 Å². The smallest absolute Gasteiger partial charge is 0.220 e. The van der Waals surface area contributed by atoms with Crippen molar-refractivity contribution in [3.05, 3.63) is 0 Å². The average molecular weight is 184 g/mol. The van der Waals surface area contributed by atoms with E-state index >= 15 is 0 Å². The monoisotopic (exact) mass is 184 g/mol. The van der Waals surface area contributed by atoms with Crippen LogP contribution in [-0.4, -0.2) is 18.0 Å². The van der Waals surface area contributed by atoms with Gasteiger partial charge in [-0.05, 0) is 39.0 Å². The molecule has 13 heavy (non-hydrogen) atoms. The second-order valence-electron chi connectivity index (χ2n) is 4.21. The number of rotatable bonds is 5. The van der Waals surface area contributed by atoms with Gasteiger partial charge in [-0.25, -0.2) is 0 Å².